The highest BCUT2D eigenvalue weighted by atomic mass is 35.5. The Morgan fingerprint density at radius 3 is 2.44 bits per heavy atom. The first-order valence-electron chi connectivity index (χ1n) is 12.6. The Bertz CT molecular complexity index is 1160. The molecule has 2 aromatic rings. The standard InChI is InChI=1S/C26H31ClN4O6S.ClH/c1-28-12-4-2-3-5-23(32)31(25(34)21-10-11-22(27)38-21)16-20-15-30(26(35)37-20)19-8-6-18(7-9-19)29-13-14-36-17-24(29)33;/h6-11,20,28H,2-5,12-17H2,1H3;1H/t20-;/m1./s1. The maximum absolute atomic E-state index is 13.2. The number of carbonyl (C=O) groups is 4. The van der Waals surface area contributed by atoms with Crippen LogP contribution in [0.2, 0.25) is 4.34 Å². The van der Waals surface area contributed by atoms with E-state index in [1.54, 1.807) is 41.3 Å². The van der Waals surface area contributed by atoms with Gasteiger partial charge in [0, 0.05) is 24.3 Å². The third kappa shape index (κ3) is 7.92. The van der Waals surface area contributed by atoms with Crippen molar-refractivity contribution in [3.8, 4) is 0 Å². The van der Waals surface area contributed by atoms with E-state index >= 15 is 0 Å². The third-order valence-electron chi connectivity index (χ3n) is 6.37. The van der Waals surface area contributed by atoms with Crippen molar-refractivity contribution in [1.29, 1.82) is 0 Å². The number of nitrogens with one attached hydrogen (secondary N) is 1. The summed E-state index contributed by atoms with van der Waals surface area (Å²) in [6.45, 7) is 1.97. The fourth-order valence-electron chi connectivity index (χ4n) is 4.38. The van der Waals surface area contributed by atoms with Crippen molar-refractivity contribution < 1.29 is 28.7 Å². The summed E-state index contributed by atoms with van der Waals surface area (Å²) in [6.07, 6.45) is 1.43. The molecule has 2 aliphatic rings. The highest BCUT2D eigenvalue weighted by Crippen LogP contribution is 2.27. The minimum absolute atomic E-state index is 0. The Hall–Kier alpha value is -2.70. The number of nitrogens with zero attached hydrogens (tertiary/aromatic N) is 3. The summed E-state index contributed by atoms with van der Waals surface area (Å²) in [7, 11) is 1.88. The highest BCUT2D eigenvalue weighted by Gasteiger charge is 2.36. The smallest absolute Gasteiger partial charge is 0.414 e. The van der Waals surface area contributed by atoms with E-state index in [1.807, 2.05) is 7.05 Å². The van der Waals surface area contributed by atoms with Crippen LogP contribution in [0.25, 0.3) is 0 Å². The van der Waals surface area contributed by atoms with E-state index in [-0.39, 0.29) is 50.3 Å². The molecule has 0 unspecified atom stereocenters. The molecule has 4 rings (SSSR count). The lowest BCUT2D eigenvalue weighted by Gasteiger charge is -2.27. The van der Waals surface area contributed by atoms with Gasteiger partial charge in [0.1, 0.15) is 12.7 Å². The van der Waals surface area contributed by atoms with Gasteiger partial charge in [-0.1, -0.05) is 18.0 Å². The molecule has 1 aromatic heterocycles. The van der Waals surface area contributed by atoms with Gasteiger partial charge in [-0.25, -0.2) is 4.79 Å². The van der Waals surface area contributed by atoms with Gasteiger partial charge >= 0.3 is 6.09 Å². The second-order valence-electron chi connectivity index (χ2n) is 9.06. The summed E-state index contributed by atoms with van der Waals surface area (Å²) >= 11 is 7.12. The summed E-state index contributed by atoms with van der Waals surface area (Å²) in [6, 6.07) is 10.2. The molecule has 0 radical (unpaired) electrons. The molecule has 2 fully saturated rings. The number of benzene rings is 1. The Morgan fingerprint density at radius 1 is 1.08 bits per heavy atom. The van der Waals surface area contributed by atoms with Crippen molar-refractivity contribution in [3.05, 3.63) is 45.6 Å². The average Bonchev–Trinajstić information content (AvgIpc) is 3.52. The quantitative estimate of drug-likeness (QED) is 0.390. The summed E-state index contributed by atoms with van der Waals surface area (Å²) in [5.41, 5.74) is 1.32. The lowest BCUT2D eigenvalue weighted by atomic mass is 10.1. The number of ether oxygens (including phenoxy) is 2. The minimum Gasteiger partial charge on any atom is -0.442 e. The molecule has 13 heteroatoms. The molecular formula is C26H32Cl2N4O6S. The van der Waals surface area contributed by atoms with Crippen molar-refractivity contribution in [2.45, 2.75) is 31.8 Å². The number of unbranched alkanes of at least 4 members (excludes halogenated alkanes) is 2. The van der Waals surface area contributed by atoms with Crippen LogP contribution in [0.5, 0.6) is 0 Å². The second-order valence-corrected chi connectivity index (χ2v) is 10.8. The van der Waals surface area contributed by atoms with Gasteiger partial charge in [0.25, 0.3) is 11.8 Å². The van der Waals surface area contributed by atoms with Crippen LogP contribution >= 0.6 is 35.3 Å². The van der Waals surface area contributed by atoms with E-state index in [1.165, 1.54) is 9.80 Å². The average molecular weight is 600 g/mol. The van der Waals surface area contributed by atoms with E-state index in [9.17, 15) is 19.2 Å². The lowest BCUT2D eigenvalue weighted by Crippen LogP contribution is -2.43. The predicted octanol–water partition coefficient (Wildman–Crippen LogP) is 3.96. The van der Waals surface area contributed by atoms with Gasteiger partial charge < -0.3 is 19.7 Å². The maximum atomic E-state index is 13.2. The predicted molar refractivity (Wildman–Crippen MR) is 152 cm³/mol. The van der Waals surface area contributed by atoms with Crippen molar-refractivity contribution in [2.24, 2.45) is 0 Å². The summed E-state index contributed by atoms with van der Waals surface area (Å²) in [5.74, 6) is -0.873. The maximum Gasteiger partial charge on any atom is 0.414 e. The highest BCUT2D eigenvalue weighted by molar-refractivity contribution is 7.18. The van der Waals surface area contributed by atoms with Crippen LogP contribution in [-0.4, -0.2) is 81.3 Å². The van der Waals surface area contributed by atoms with Crippen LogP contribution in [-0.2, 0) is 19.1 Å². The number of halogens is 2. The van der Waals surface area contributed by atoms with Gasteiger partial charge in [0.05, 0.1) is 28.9 Å². The number of morpholine rings is 1. The second kappa shape index (κ2) is 14.6. The zero-order valence-electron chi connectivity index (χ0n) is 21.6. The SMILES string of the molecule is CNCCCCCC(=O)N(C[C@H]1CN(c2ccc(N3CCOCC3=O)cc2)C(=O)O1)C(=O)c1ccc(Cl)s1.Cl. The molecular weight excluding hydrogens is 567 g/mol. The van der Waals surface area contributed by atoms with Crippen LogP contribution in [0.15, 0.2) is 36.4 Å². The van der Waals surface area contributed by atoms with Crippen molar-refractivity contribution >= 4 is 70.5 Å². The first-order valence-corrected chi connectivity index (χ1v) is 13.8. The molecule has 2 saturated heterocycles. The topological polar surface area (TPSA) is 108 Å². The van der Waals surface area contributed by atoms with E-state index in [2.05, 4.69) is 5.32 Å². The molecule has 39 heavy (non-hydrogen) atoms. The Labute approximate surface area is 242 Å². The number of rotatable bonds is 11. The van der Waals surface area contributed by atoms with Crippen LogP contribution in [0.1, 0.15) is 35.4 Å². The Morgan fingerprint density at radius 2 is 1.79 bits per heavy atom. The molecule has 10 nitrogen and oxygen atoms in total. The van der Waals surface area contributed by atoms with Crippen molar-refractivity contribution in [2.75, 3.05) is 56.2 Å². The van der Waals surface area contributed by atoms with E-state index < -0.39 is 18.1 Å². The fourth-order valence-corrected chi connectivity index (χ4v) is 5.38. The number of cyclic esters (lactones) is 1. The third-order valence-corrected chi connectivity index (χ3v) is 7.59. The molecule has 212 valence electrons. The molecule has 1 N–H and O–H groups in total. The molecule has 0 bridgehead atoms. The Kier molecular flexibility index (Phi) is 11.6. The van der Waals surface area contributed by atoms with Crippen molar-refractivity contribution in [3.63, 3.8) is 0 Å². The summed E-state index contributed by atoms with van der Waals surface area (Å²) in [4.78, 5) is 55.8. The molecule has 1 aromatic carbocycles. The van der Waals surface area contributed by atoms with Crippen LogP contribution in [0, 0.1) is 0 Å². The number of hydrogen-bond acceptors (Lipinski definition) is 8. The molecule has 1 atom stereocenters. The Balaban J connectivity index is 0.00000420. The largest absolute Gasteiger partial charge is 0.442 e. The van der Waals surface area contributed by atoms with E-state index in [4.69, 9.17) is 21.1 Å². The van der Waals surface area contributed by atoms with E-state index in [0.717, 1.165) is 36.4 Å². The number of carbonyl (C=O) groups excluding carboxylic acids is 4. The van der Waals surface area contributed by atoms with Gasteiger partial charge in [-0.3, -0.25) is 24.2 Å². The molecule has 0 aliphatic carbocycles. The van der Waals surface area contributed by atoms with Gasteiger partial charge in [-0.15, -0.1) is 23.7 Å². The zero-order valence-corrected chi connectivity index (χ0v) is 24.0. The van der Waals surface area contributed by atoms with Gasteiger partial charge in [0.15, 0.2) is 0 Å². The van der Waals surface area contributed by atoms with Crippen LogP contribution in [0.4, 0.5) is 16.2 Å². The molecule has 2 aliphatic heterocycles. The zero-order chi connectivity index (χ0) is 27.1. The van der Waals surface area contributed by atoms with Crippen LogP contribution in [0.3, 0.4) is 0 Å². The summed E-state index contributed by atoms with van der Waals surface area (Å²) < 4.78 is 11.2. The number of anilines is 2. The monoisotopic (exact) mass is 598 g/mol. The van der Waals surface area contributed by atoms with E-state index in [0.29, 0.717) is 34.5 Å². The van der Waals surface area contributed by atoms with Gasteiger partial charge in [0.2, 0.25) is 5.91 Å². The number of imide groups is 1. The molecule has 0 spiro atoms. The summed E-state index contributed by atoms with van der Waals surface area (Å²) in [5, 5.41) is 3.08. The van der Waals surface area contributed by atoms with Gasteiger partial charge in [-0.05, 0) is 62.8 Å². The van der Waals surface area contributed by atoms with Crippen LogP contribution < -0.4 is 15.1 Å². The number of hydrogen-bond donors (Lipinski definition) is 1. The minimum atomic E-state index is -0.685. The molecule has 3 heterocycles. The van der Waals surface area contributed by atoms with Gasteiger partial charge in [-0.2, -0.15) is 0 Å². The number of thiophene rings is 1. The first-order chi connectivity index (χ1) is 18.4. The molecule has 4 amide bonds. The first kappa shape index (κ1) is 30.8. The fraction of sp³-hybridized carbons (Fsp3) is 0.462. The lowest BCUT2D eigenvalue weighted by molar-refractivity contribution is -0.129. The van der Waals surface area contributed by atoms with Crippen molar-refractivity contribution in [1.82, 2.24) is 10.2 Å². The molecule has 0 saturated carbocycles. The number of amides is 4. The normalized spacial score (nSPS) is 17.1.